The highest BCUT2D eigenvalue weighted by Gasteiger charge is 2.21. The van der Waals surface area contributed by atoms with Gasteiger partial charge in [-0.2, -0.15) is 0 Å². The molecule has 0 aromatic carbocycles. The minimum absolute atomic E-state index is 0.516. The van der Waals surface area contributed by atoms with Crippen molar-refractivity contribution >= 4 is 17.7 Å². The summed E-state index contributed by atoms with van der Waals surface area (Å²) in [6, 6.07) is -2.78. The van der Waals surface area contributed by atoms with Crippen LogP contribution in [0.3, 0.4) is 0 Å². The second-order valence-corrected chi connectivity index (χ2v) is 3.65. The summed E-state index contributed by atoms with van der Waals surface area (Å²) in [7, 11) is 0. The second-order valence-electron chi connectivity index (χ2n) is 3.65. The third-order valence-electron chi connectivity index (χ3n) is 2.07. The molecule has 0 fully saturated rings. The smallest absolute Gasteiger partial charge is 0.242 e. The summed E-state index contributed by atoms with van der Waals surface area (Å²) in [5.41, 5.74) is 10.2. The van der Waals surface area contributed by atoms with Gasteiger partial charge in [0.2, 0.25) is 17.7 Å². The highest BCUT2D eigenvalue weighted by Crippen LogP contribution is 1.88. The maximum atomic E-state index is 11.5. The van der Waals surface area contributed by atoms with E-state index in [-0.39, 0.29) is 0 Å². The summed E-state index contributed by atoms with van der Waals surface area (Å²) in [6.45, 7) is 2.33. The van der Waals surface area contributed by atoms with Gasteiger partial charge in [0.15, 0.2) is 0 Å². The molecule has 0 aromatic rings. The number of amides is 3. The van der Waals surface area contributed by atoms with Gasteiger partial charge in [0, 0.05) is 0 Å². The van der Waals surface area contributed by atoms with Crippen molar-refractivity contribution < 1.29 is 19.5 Å². The Morgan fingerprint density at radius 3 is 2.00 bits per heavy atom. The molecule has 0 aromatic heterocycles. The lowest BCUT2D eigenvalue weighted by molar-refractivity contribution is -0.131. The van der Waals surface area contributed by atoms with Gasteiger partial charge in [-0.25, -0.2) is 0 Å². The van der Waals surface area contributed by atoms with Crippen molar-refractivity contribution in [1.82, 2.24) is 10.6 Å². The molecule has 0 saturated carbocycles. The van der Waals surface area contributed by atoms with Gasteiger partial charge in [0.25, 0.3) is 0 Å². The number of carbonyl (C=O) groups excluding carboxylic acids is 3. The molecule has 98 valence electrons. The van der Waals surface area contributed by atoms with E-state index in [1.165, 1.54) is 13.8 Å². The molecular weight excluding hydrogens is 228 g/mol. The average molecular weight is 246 g/mol. The first-order valence-electron chi connectivity index (χ1n) is 5.06. The molecule has 0 radical (unpaired) electrons. The number of carbonyl (C=O) groups is 3. The normalized spacial score (nSPS) is 15.5. The molecule has 3 atom stereocenters. The first-order valence-corrected chi connectivity index (χ1v) is 5.06. The number of aliphatic hydroxyl groups is 1. The van der Waals surface area contributed by atoms with Crippen LogP contribution in [0.2, 0.25) is 0 Å². The van der Waals surface area contributed by atoms with Crippen molar-refractivity contribution in [3.05, 3.63) is 0 Å². The minimum Gasteiger partial charge on any atom is -0.394 e. The van der Waals surface area contributed by atoms with Crippen LogP contribution in [0.1, 0.15) is 13.8 Å². The van der Waals surface area contributed by atoms with Crippen molar-refractivity contribution in [2.75, 3.05) is 6.61 Å². The fourth-order valence-electron chi connectivity index (χ4n) is 0.878. The molecule has 17 heavy (non-hydrogen) atoms. The van der Waals surface area contributed by atoms with Crippen LogP contribution in [0.25, 0.3) is 0 Å². The molecule has 0 saturated heterocycles. The van der Waals surface area contributed by atoms with Crippen LogP contribution in [-0.4, -0.2) is 47.6 Å². The van der Waals surface area contributed by atoms with Crippen LogP contribution in [0.5, 0.6) is 0 Å². The standard InChI is InChI=1S/C9H18N4O4/c1-4(7(11)15)12-8(16)5(2)13-9(17)6(10)3-14/h4-6,14H,3,10H2,1-2H3,(H2,11,15)(H,12,16)(H,13,17)/t4-,5-,6-/m0/s1. The average Bonchev–Trinajstić information content (AvgIpc) is 2.27. The maximum Gasteiger partial charge on any atom is 0.242 e. The fourth-order valence-corrected chi connectivity index (χ4v) is 0.878. The van der Waals surface area contributed by atoms with Crippen molar-refractivity contribution in [2.24, 2.45) is 11.5 Å². The predicted molar refractivity (Wildman–Crippen MR) is 59.5 cm³/mol. The molecule has 0 aliphatic heterocycles. The van der Waals surface area contributed by atoms with Gasteiger partial charge in [0.05, 0.1) is 6.61 Å². The number of primary amides is 1. The lowest BCUT2D eigenvalue weighted by atomic mass is 10.2. The van der Waals surface area contributed by atoms with Crippen molar-refractivity contribution in [1.29, 1.82) is 0 Å². The largest absolute Gasteiger partial charge is 0.394 e. The van der Waals surface area contributed by atoms with E-state index >= 15 is 0 Å². The Morgan fingerprint density at radius 2 is 1.59 bits per heavy atom. The molecule has 0 spiro atoms. The van der Waals surface area contributed by atoms with Crippen LogP contribution < -0.4 is 22.1 Å². The van der Waals surface area contributed by atoms with Crippen LogP contribution in [0.4, 0.5) is 0 Å². The predicted octanol–water partition coefficient (Wildman–Crippen LogP) is -3.20. The zero-order valence-corrected chi connectivity index (χ0v) is 9.77. The highest BCUT2D eigenvalue weighted by molar-refractivity contribution is 5.92. The molecule has 0 aliphatic carbocycles. The Labute approximate surface area is 98.7 Å². The van der Waals surface area contributed by atoms with E-state index in [2.05, 4.69) is 10.6 Å². The monoisotopic (exact) mass is 246 g/mol. The highest BCUT2D eigenvalue weighted by atomic mass is 16.3. The molecule has 8 heteroatoms. The van der Waals surface area contributed by atoms with Gasteiger partial charge in [-0.15, -0.1) is 0 Å². The number of hydrogen-bond acceptors (Lipinski definition) is 5. The van der Waals surface area contributed by atoms with Crippen molar-refractivity contribution in [3.8, 4) is 0 Å². The lowest BCUT2D eigenvalue weighted by Crippen LogP contribution is -2.54. The number of hydrogen-bond donors (Lipinski definition) is 5. The van der Waals surface area contributed by atoms with Gasteiger partial charge >= 0.3 is 0 Å². The van der Waals surface area contributed by atoms with Crippen molar-refractivity contribution in [2.45, 2.75) is 32.0 Å². The van der Waals surface area contributed by atoms with Gasteiger partial charge in [-0.05, 0) is 13.8 Å². The molecule has 0 aliphatic rings. The van der Waals surface area contributed by atoms with E-state index in [0.717, 1.165) is 0 Å². The first-order chi connectivity index (χ1) is 7.79. The van der Waals surface area contributed by atoms with E-state index in [4.69, 9.17) is 16.6 Å². The molecule has 3 amide bonds. The fraction of sp³-hybridized carbons (Fsp3) is 0.667. The molecule has 0 unspecified atom stereocenters. The molecule has 0 heterocycles. The zero-order chi connectivity index (χ0) is 13.6. The molecular formula is C9H18N4O4. The van der Waals surface area contributed by atoms with E-state index < -0.39 is 42.5 Å². The van der Waals surface area contributed by atoms with E-state index in [0.29, 0.717) is 0 Å². The Balaban J connectivity index is 4.23. The number of nitrogens with two attached hydrogens (primary N) is 2. The van der Waals surface area contributed by atoms with Crippen molar-refractivity contribution in [3.63, 3.8) is 0 Å². The van der Waals surface area contributed by atoms with E-state index in [1.807, 2.05) is 0 Å². The Bertz CT molecular complexity index is 307. The van der Waals surface area contributed by atoms with Crippen LogP contribution in [-0.2, 0) is 14.4 Å². The van der Waals surface area contributed by atoms with Crippen LogP contribution in [0, 0.1) is 0 Å². The minimum atomic E-state index is -1.08. The van der Waals surface area contributed by atoms with Gasteiger partial charge in [-0.1, -0.05) is 0 Å². The third-order valence-corrected chi connectivity index (χ3v) is 2.07. The Kier molecular flexibility index (Phi) is 6.15. The van der Waals surface area contributed by atoms with E-state index in [9.17, 15) is 14.4 Å². The summed E-state index contributed by atoms with van der Waals surface area (Å²) in [5, 5.41) is 13.2. The van der Waals surface area contributed by atoms with Gasteiger partial charge in [0.1, 0.15) is 18.1 Å². The second kappa shape index (κ2) is 6.81. The first kappa shape index (κ1) is 15.3. The summed E-state index contributed by atoms with van der Waals surface area (Å²) < 4.78 is 0. The molecule has 7 N–H and O–H groups in total. The van der Waals surface area contributed by atoms with Gasteiger partial charge < -0.3 is 27.2 Å². The third kappa shape index (κ3) is 5.27. The summed E-state index contributed by atoms with van der Waals surface area (Å²) in [6.07, 6.45) is 0. The zero-order valence-electron chi connectivity index (χ0n) is 9.77. The Morgan fingerprint density at radius 1 is 1.12 bits per heavy atom. The van der Waals surface area contributed by atoms with Crippen LogP contribution >= 0.6 is 0 Å². The maximum absolute atomic E-state index is 11.5. The Hall–Kier alpha value is -1.67. The summed E-state index contributed by atoms with van der Waals surface area (Å²) in [5.74, 6) is -1.89. The molecule has 8 nitrogen and oxygen atoms in total. The number of rotatable bonds is 6. The lowest BCUT2D eigenvalue weighted by Gasteiger charge is -2.18. The number of nitrogens with one attached hydrogen (secondary N) is 2. The molecule has 0 rings (SSSR count). The quantitative estimate of drug-likeness (QED) is 0.335. The molecule has 0 bridgehead atoms. The number of aliphatic hydroxyl groups excluding tert-OH is 1. The van der Waals surface area contributed by atoms with E-state index in [1.54, 1.807) is 0 Å². The topological polar surface area (TPSA) is 148 Å². The SMILES string of the molecule is C[C@H](NC(=O)[C@H](C)NC(=O)[C@@H](N)CO)C(N)=O. The summed E-state index contributed by atoms with van der Waals surface area (Å²) >= 11 is 0. The van der Waals surface area contributed by atoms with Crippen LogP contribution in [0.15, 0.2) is 0 Å². The summed E-state index contributed by atoms with van der Waals surface area (Å²) in [4.78, 5) is 33.4. The van der Waals surface area contributed by atoms with Gasteiger partial charge in [-0.3, -0.25) is 14.4 Å².